The number of alkyl carbamates (subject to hydrolysis) is 1. The van der Waals surface area contributed by atoms with Gasteiger partial charge in [-0.2, -0.15) is 0 Å². The SMILES string of the molecule is CC(C)(C)OC(=O)N[C@@H](c1cccc(C#Cc2ccccc2)c1)[C@@H](O)c1ccccc1. The molecule has 0 aliphatic carbocycles. The number of amides is 1. The van der Waals surface area contributed by atoms with Crippen LogP contribution in [0.25, 0.3) is 0 Å². The molecule has 1 amide bonds. The molecule has 0 fully saturated rings. The Bertz CT molecular complexity index is 1060. The Balaban J connectivity index is 1.91. The van der Waals surface area contributed by atoms with Gasteiger partial charge in [-0.25, -0.2) is 4.79 Å². The number of nitrogens with one attached hydrogen (secondary N) is 1. The number of hydrogen-bond acceptors (Lipinski definition) is 3. The highest BCUT2D eigenvalue weighted by Crippen LogP contribution is 2.29. The summed E-state index contributed by atoms with van der Waals surface area (Å²) >= 11 is 0. The van der Waals surface area contributed by atoms with Crippen LogP contribution in [0.5, 0.6) is 0 Å². The third kappa shape index (κ3) is 6.74. The fourth-order valence-corrected chi connectivity index (χ4v) is 3.10. The lowest BCUT2D eigenvalue weighted by molar-refractivity contribution is 0.0419. The number of benzene rings is 3. The predicted octanol–water partition coefficient (Wildman–Crippen LogP) is 5.39. The average Bonchev–Trinajstić information content (AvgIpc) is 2.76. The minimum atomic E-state index is -0.953. The molecule has 0 radical (unpaired) electrons. The maximum absolute atomic E-state index is 12.5. The smallest absolute Gasteiger partial charge is 0.408 e. The second-order valence-corrected chi connectivity index (χ2v) is 8.22. The van der Waals surface area contributed by atoms with Gasteiger partial charge in [0.1, 0.15) is 11.7 Å². The van der Waals surface area contributed by atoms with E-state index in [1.165, 1.54) is 0 Å². The number of aliphatic hydroxyl groups excluding tert-OH is 1. The third-order valence-corrected chi connectivity index (χ3v) is 4.50. The van der Waals surface area contributed by atoms with E-state index in [2.05, 4.69) is 17.2 Å². The standard InChI is InChI=1S/C27H27NO3/c1-27(2,3)31-26(30)28-24(25(29)22-14-8-5-9-15-22)23-16-10-13-21(19-23)18-17-20-11-6-4-7-12-20/h4-16,19,24-25,29H,1-3H3,(H,28,30)/t24-,25-/m0/s1. The molecule has 4 heteroatoms. The maximum atomic E-state index is 12.5. The second-order valence-electron chi connectivity index (χ2n) is 8.22. The van der Waals surface area contributed by atoms with Gasteiger partial charge in [0.25, 0.3) is 0 Å². The minimum absolute atomic E-state index is 0.590. The van der Waals surface area contributed by atoms with Crippen molar-refractivity contribution < 1.29 is 14.6 Å². The van der Waals surface area contributed by atoms with Gasteiger partial charge < -0.3 is 15.2 Å². The highest BCUT2D eigenvalue weighted by Gasteiger charge is 2.27. The summed E-state index contributed by atoms with van der Waals surface area (Å²) < 4.78 is 5.42. The van der Waals surface area contributed by atoms with Crippen LogP contribution >= 0.6 is 0 Å². The second kappa shape index (κ2) is 9.97. The Labute approximate surface area is 183 Å². The molecular weight excluding hydrogens is 386 g/mol. The molecule has 0 saturated carbocycles. The molecule has 3 aromatic rings. The van der Waals surface area contributed by atoms with Crippen LogP contribution in [-0.2, 0) is 4.74 Å². The van der Waals surface area contributed by atoms with Crippen molar-refractivity contribution in [2.45, 2.75) is 38.5 Å². The van der Waals surface area contributed by atoms with Crippen LogP contribution in [0.15, 0.2) is 84.9 Å². The summed E-state index contributed by atoms with van der Waals surface area (Å²) in [5.74, 6) is 6.29. The molecule has 3 aromatic carbocycles. The highest BCUT2D eigenvalue weighted by molar-refractivity contribution is 5.68. The van der Waals surface area contributed by atoms with Gasteiger partial charge in [0, 0.05) is 11.1 Å². The Hall–Kier alpha value is -3.55. The zero-order valence-corrected chi connectivity index (χ0v) is 18.0. The van der Waals surface area contributed by atoms with Gasteiger partial charge in [-0.15, -0.1) is 0 Å². The van der Waals surface area contributed by atoms with E-state index in [1.807, 2.05) is 84.9 Å². The van der Waals surface area contributed by atoms with Gasteiger partial charge in [0.2, 0.25) is 0 Å². The van der Waals surface area contributed by atoms with Crippen molar-refractivity contribution in [2.75, 3.05) is 0 Å². The van der Waals surface area contributed by atoms with Crippen LogP contribution in [0, 0.1) is 11.8 Å². The van der Waals surface area contributed by atoms with Crippen molar-refractivity contribution in [2.24, 2.45) is 0 Å². The van der Waals surface area contributed by atoms with E-state index in [4.69, 9.17) is 4.74 Å². The first kappa shape index (κ1) is 22.1. The van der Waals surface area contributed by atoms with Gasteiger partial charge >= 0.3 is 6.09 Å². The summed E-state index contributed by atoms with van der Waals surface area (Å²) in [7, 11) is 0. The van der Waals surface area contributed by atoms with Crippen LogP contribution in [0.3, 0.4) is 0 Å². The van der Waals surface area contributed by atoms with Crippen molar-refractivity contribution >= 4 is 6.09 Å². The van der Waals surface area contributed by atoms with Crippen molar-refractivity contribution in [3.05, 3.63) is 107 Å². The van der Waals surface area contributed by atoms with E-state index in [0.29, 0.717) is 5.56 Å². The van der Waals surface area contributed by atoms with E-state index < -0.39 is 23.8 Å². The van der Waals surface area contributed by atoms with E-state index in [1.54, 1.807) is 20.8 Å². The minimum Gasteiger partial charge on any atom is -0.444 e. The van der Waals surface area contributed by atoms with Gasteiger partial charge in [0.15, 0.2) is 0 Å². The Morgan fingerprint density at radius 1 is 0.839 bits per heavy atom. The highest BCUT2D eigenvalue weighted by atomic mass is 16.6. The number of aliphatic hydroxyl groups is 1. The summed E-state index contributed by atoms with van der Waals surface area (Å²) in [6.07, 6.45) is -1.54. The van der Waals surface area contributed by atoms with E-state index in [0.717, 1.165) is 16.7 Å². The third-order valence-electron chi connectivity index (χ3n) is 4.50. The van der Waals surface area contributed by atoms with Crippen molar-refractivity contribution in [3.63, 3.8) is 0 Å². The number of carbonyl (C=O) groups is 1. The predicted molar refractivity (Wildman–Crippen MR) is 122 cm³/mol. The number of carbonyl (C=O) groups excluding carboxylic acids is 1. The summed E-state index contributed by atoms with van der Waals surface area (Å²) in [6.45, 7) is 5.40. The molecule has 0 aromatic heterocycles. The molecule has 0 spiro atoms. The first-order valence-corrected chi connectivity index (χ1v) is 10.2. The molecule has 2 atom stereocenters. The monoisotopic (exact) mass is 413 g/mol. The van der Waals surface area contributed by atoms with Crippen LogP contribution < -0.4 is 5.32 Å². The summed E-state index contributed by atoms with van der Waals surface area (Å²) in [5.41, 5.74) is 2.50. The van der Waals surface area contributed by atoms with Gasteiger partial charge in [-0.05, 0) is 56.2 Å². The van der Waals surface area contributed by atoms with Crippen molar-refractivity contribution in [1.29, 1.82) is 0 Å². The van der Waals surface area contributed by atoms with E-state index in [9.17, 15) is 9.90 Å². The molecule has 0 aliphatic heterocycles. The molecular formula is C27H27NO3. The van der Waals surface area contributed by atoms with Gasteiger partial charge in [-0.1, -0.05) is 72.5 Å². The van der Waals surface area contributed by atoms with E-state index >= 15 is 0 Å². The summed E-state index contributed by atoms with van der Waals surface area (Å²) in [6, 6.07) is 25.8. The lowest BCUT2D eigenvalue weighted by Crippen LogP contribution is -2.37. The summed E-state index contributed by atoms with van der Waals surface area (Å²) in [5, 5.41) is 13.9. The molecule has 0 heterocycles. The lowest BCUT2D eigenvalue weighted by atomic mass is 9.94. The van der Waals surface area contributed by atoms with Crippen molar-refractivity contribution in [1.82, 2.24) is 5.32 Å². The Morgan fingerprint density at radius 3 is 2.03 bits per heavy atom. The molecule has 3 rings (SSSR count). The first-order valence-electron chi connectivity index (χ1n) is 10.2. The lowest BCUT2D eigenvalue weighted by Gasteiger charge is -2.27. The number of rotatable bonds is 4. The van der Waals surface area contributed by atoms with Gasteiger partial charge in [-0.3, -0.25) is 0 Å². The topological polar surface area (TPSA) is 58.6 Å². The molecule has 0 bridgehead atoms. The molecule has 0 aliphatic rings. The van der Waals surface area contributed by atoms with Crippen molar-refractivity contribution in [3.8, 4) is 11.8 Å². The first-order chi connectivity index (χ1) is 14.8. The Morgan fingerprint density at radius 2 is 1.39 bits per heavy atom. The molecule has 0 unspecified atom stereocenters. The number of hydrogen-bond donors (Lipinski definition) is 2. The molecule has 2 N–H and O–H groups in total. The zero-order chi connectivity index (χ0) is 22.3. The van der Waals surface area contributed by atoms with E-state index in [-0.39, 0.29) is 0 Å². The maximum Gasteiger partial charge on any atom is 0.408 e. The zero-order valence-electron chi connectivity index (χ0n) is 18.0. The average molecular weight is 414 g/mol. The largest absolute Gasteiger partial charge is 0.444 e. The molecule has 0 saturated heterocycles. The number of ether oxygens (including phenoxy) is 1. The van der Waals surface area contributed by atoms with Crippen LogP contribution in [-0.4, -0.2) is 16.8 Å². The van der Waals surface area contributed by atoms with Gasteiger partial charge in [0.05, 0.1) is 6.04 Å². The molecule has 158 valence electrons. The Kier molecular flexibility index (Phi) is 7.12. The summed E-state index contributed by atoms with van der Waals surface area (Å²) in [4.78, 5) is 12.5. The van der Waals surface area contributed by atoms with Crippen LogP contribution in [0.2, 0.25) is 0 Å². The van der Waals surface area contributed by atoms with Crippen LogP contribution in [0.1, 0.15) is 55.2 Å². The fourth-order valence-electron chi connectivity index (χ4n) is 3.10. The normalized spacial score (nSPS) is 12.8. The quantitative estimate of drug-likeness (QED) is 0.564. The molecule has 31 heavy (non-hydrogen) atoms. The van der Waals surface area contributed by atoms with Crippen LogP contribution in [0.4, 0.5) is 4.79 Å². The molecule has 4 nitrogen and oxygen atoms in total. The fraction of sp³-hybridized carbons (Fsp3) is 0.222.